The molecule has 0 saturated carbocycles. The Balaban J connectivity index is 1.84. The van der Waals surface area contributed by atoms with Crippen LogP contribution in [0.1, 0.15) is 42.7 Å². The average Bonchev–Trinajstić information content (AvgIpc) is 2.67. The number of allylic oxidation sites excluding steroid dienone is 2. The molecule has 0 bridgehead atoms. The number of alkyl halides is 3. The van der Waals surface area contributed by atoms with E-state index in [1.807, 2.05) is 0 Å². The van der Waals surface area contributed by atoms with Crippen LogP contribution in [0.2, 0.25) is 0 Å². The Bertz CT molecular complexity index is 1010. The van der Waals surface area contributed by atoms with Crippen molar-refractivity contribution in [1.82, 2.24) is 0 Å². The molecule has 2 aliphatic rings. The van der Waals surface area contributed by atoms with Gasteiger partial charge in [-0.25, -0.2) is 4.39 Å². The van der Waals surface area contributed by atoms with Gasteiger partial charge in [0.15, 0.2) is 5.78 Å². The molecule has 0 fully saturated rings. The predicted molar refractivity (Wildman–Crippen MR) is 98.6 cm³/mol. The van der Waals surface area contributed by atoms with Gasteiger partial charge in [-0.2, -0.15) is 13.2 Å². The Labute approximate surface area is 164 Å². The zero-order valence-electron chi connectivity index (χ0n) is 15.3. The smallest absolute Gasteiger partial charge is 0.294 e. The summed E-state index contributed by atoms with van der Waals surface area (Å²) in [7, 11) is 0. The normalized spacial score (nSPS) is 20.1. The van der Waals surface area contributed by atoms with Crippen molar-refractivity contribution in [2.45, 2.75) is 37.8 Å². The monoisotopic (exact) mass is 403 g/mol. The molecule has 0 radical (unpaired) electrons. The van der Waals surface area contributed by atoms with Crippen LogP contribution >= 0.6 is 0 Å². The summed E-state index contributed by atoms with van der Waals surface area (Å²) in [4.78, 5) is 27.0. The lowest BCUT2D eigenvalue weighted by atomic mass is 9.77. The second kappa shape index (κ2) is 7.13. The van der Waals surface area contributed by atoms with Crippen LogP contribution < -0.4 is 4.90 Å². The van der Waals surface area contributed by atoms with Crippen LogP contribution in [0.4, 0.5) is 23.2 Å². The molecule has 7 heteroatoms. The molecule has 1 aliphatic heterocycles. The number of hydrogen-bond donors (Lipinski definition) is 0. The van der Waals surface area contributed by atoms with E-state index in [0.717, 1.165) is 12.1 Å². The van der Waals surface area contributed by atoms with Gasteiger partial charge in [-0.15, -0.1) is 0 Å². The Kier molecular flexibility index (Phi) is 4.76. The first kappa shape index (κ1) is 19.4. The highest BCUT2D eigenvalue weighted by Crippen LogP contribution is 2.44. The molecule has 1 heterocycles. The number of ketones is 1. The van der Waals surface area contributed by atoms with Crippen LogP contribution in [0.3, 0.4) is 0 Å². The average molecular weight is 403 g/mol. The van der Waals surface area contributed by atoms with E-state index in [1.54, 1.807) is 12.1 Å². The summed E-state index contributed by atoms with van der Waals surface area (Å²) in [6, 6.07) is 10.2. The highest BCUT2D eigenvalue weighted by atomic mass is 19.4. The molecule has 2 aromatic rings. The molecule has 150 valence electrons. The van der Waals surface area contributed by atoms with Crippen LogP contribution in [0.25, 0.3) is 0 Å². The first-order valence-corrected chi connectivity index (χ1v) is 9.27. The van der Waals surface area contributed by atoms with Crippen molar-refractivity contribution in [3.63, 3.8) is 0 Å². The fraction of sp³-hybridized carbons (Fsp3) is 0.273. The molecule has 1 aliphatic carbocycles. The minimum absolute atomic E-state index is 0.0630. The molecule has 0 aromatic heterocycles. The van der Waals surface area contributed by atoms with Crippen LogP contribution in [0.5, 0.6) is 0 Å². The second-order valence-corrected chi connectivity index (χ2v) is 7.22. The molecule has 4 rings (SSSR count). The van der Waals surface area contributed by atoms with Crippen LogP contribution in [0.15, 0.2) is 59.8 Å². The van der Waals surface area contributed by atoms with Crippen molar-refractivity contribution < 1.29 is 27.2 Å². The molecule has 2 aromatic carbocycles. The SMILES string of the molecule is O=C1CCCC2=C1C(c1ccc(F)cc1)CC(=O)N2c1cccc(C(F)(F)F)c1. The standard InChI is InChI=1S/C22H17F4NO2/c23-15-9-7-13(8-10-15)17-12-20(29)27(18-5-2-6-19(28)21(17)18)16-4-1-3-14(11-16)22(24,25)26/h1,3-4,7-11,17H,2,5-6,12H2. The third-order valence-corrected chi connectivity index (χ3v) is 5.38. The van der Waals surface area contributed by atoms with Crippen molar-refractivity contribution in [2.24, 2.45) is 0 Å². The lowest BCUT2D eigenvalue weighted by molar-refractivity contribution is -0.137. The molecule has 0 spiro atoms. The van der Waals surface area contributed by atoms with Gasteiger partial charge in [0, 0.05) is 35.7 Å². The first-order chi connectivity index (χ1) is 13.8. The van der Waals surface area contributed by atoms with Gasteiger partial charge in [-0.3, -0.25) is 14.5 Å². The maximum absolute atomic E-state index is 13.3. The number of nitrogens with zero attached hydrogens (tertiary/aromatic N) is 1. The van der Waals surface area contributed by atoms with E-state index in [-0.39, 0.29) is 23.8 Å². The molecule has 29 heavy (non-hydrogen) atoms. The molecule has 0 saturated heterocycles. The van der Waals surface area contributed by atoms with Crippen LogP contribution in [0, 0.1) is 5.82 Å². The number of carbonyl (C=O) groups is 2. The summed E-state index contributed by atoms with van der Waals surface area (Å²) in [6.07, 6.45) is -3.34. The number of Topliss-reactive ketones (excluding diaryl/α,β-unsaturated/α-hetero) is 1. The Hall–Kier alpha value is -2.96. The number of benzene rings is 2. The molecule has 3 nitrogen and oxygen atoms in total. The highest BCUT2D eigenvalue weighted by Gasteiger charge is 2.40. The lowest BCUT2D eigenvalue weighted by Gasteiger charge is -2.38. The van der Waals surface area contributed by atoms with Gasteiger partial charge in [-0.05, 0) is 48.7 Å². The van der Waals surface area contributed by atoms with Crippen molar-refractivity contribution in [2.75, 3.05) is 4.90 Å². The minimum Gasteiger partial charge on any atom is -0.294 e. The summed E-state index contributed by atoms with van der Waals surface area (Å²) in [5.74, 6) is -1.45. The van der Waals surface area contributed by atoms with E-state index in [0.29, 0.717) is 36.1 Å². The van der Waals surface area contributed by atoms with E-state index >= 15 is 0 Å². The summed E-state index contributed by atoms with van der Waals surface area (Å²) in [6.45, 7) is 0. The number of rotatable bonds is 2. The van der Waals surface area contributed by atoms with Gasteiger partial charge in [0.1, 0.15) is 5.82 Å². The Morgan fingerprint density at radius 2 is 1.69 bits per heavy atom. The minimum atomic E-state index is -4.54. The topological polar surface area (TPSA) is 37.4 Å². The summed E-state index contributed by atoms with van der Waals surface area (Å²) in [5.41, 5.74) is 0.787. The van der Waals surface area contributed by atoms with E-state index < -0.39 is 23.5 Å². The maximum Gasteiger partial charge on any atom is 0.416 e. The quantitative estimate of drug-likeness (QED) is 0.632. The maximum atomic E-state index is 13.3. The predicted octanol–water partition coefficient (Wildman–Crippen LogP) is 5.37. The molecular formula is C22H17F4NO2. The van der Waals surface area contributed by atoms with E-state index in [2.05, 4.69) is 0 Å². The van der Waals surface area contributed by atoms with E-state index in [9.17, 15) is 27.2 Å². The molecule has 1 amide bonds. The molecule has 1 atom stereocenters. The lowest BCUT2D eigenvalue weighted by Crippen LogP contribution is -2.40. The van der Waals surface area contributed by atoms with E-state index in [4.69, 9.17) is 0 Å². The van der Waals surface area contributed by atoms with Gasteiger partial charge >= 0.3 is 6.18 Å². The Morgan fingerprint density at radius 3 is 2.38 bits per heavy atom. The first-order valence-electron chi connectivity index (χ1n) is 9.27. The third-order valence-electron chi connectivity index (χ3n) is 5.38. The number of carbonyl (C=O) groups excluding carboxylic acids is 2. The molecule has 0 N–H and O–H groups in total. The van der Waals surface area contributed by atoms with Crippen LogP contribution in [-0.2, 0) is 15.8 Å². The number of amides is 1. The fourth-order valence-corrected chi connectivity index (χ4v) is 4.09. The van der Waals surface area contributed by atoms with Gasteiger partial charge in [-0.1, -0.05) is 18.2 Å². The van der Waals surface area contributed by atoms with Gasteiger partial charge in [0.05, 0.1) is 5.56 Å². The van der Waals surface area contributed by atoms with Crippen molar-refractivity contribution in [3.05, 3.63) is 76.7 Å². The van der Waals surface area contributed by atoms with E-state index in [1.165, 1.54) is 29.2 Å². The van der Waals surface area contributed by atoms with Crippen LogP contribution in [-0.4, -0.2) is 11.7 Å². The molecular weight excluding hydrogens is 386 g/mol. The fourth-order valence-electron chi connectivity index (χ4n) is 4.09. The van der Waals surface area contributed by atoms with Gasteiger partial charge < -0.3 is 0 Å². The largest absolute Gasteiger partial charge is 0.416 e. The Morgan fingerprint density at radius 1 is 0.966 bits per heavy atom. The van der Waals surface area contributed by atoms with Gasteiger partial charge in [0.25, 0.3) is 0 Å². The third kappa shape index (κ3) is 3.57. The zero-order chi connectivity index (χ0) is 20.8. The highest BCUT2D eigenvalue weighted by molar-refractivity contribution is 6.07. The van der Waals surface area contributed by atoms with Crippen molar-refractivity contribution in [1.29, 1.82) is 0 Å². The summed E-state index contributed by atoms with van der Waals surface area (Å²) in [5, 5.41) is 0. The van der Waals surface area contributed by atoms with Gasteiger partial charge in [0.2, 0.25) is 5.91 Å². The summed E-state index contributed by atoms with van der Waals surface area (Å²) < 4.78 is 52.7. The molecule has 1 unspecified atom stereocenters. The second-order valence-electron chi connectivity index (χ2n) is 7.22. The van der Waals surface area contributed by atoms with Crippen molar-refractivity contribution >= 4 is 17.4 Å². The summed E-state index contributed by atoms with van der Waals surface area (Å²) >= 11 is 0. The number of anilines is 1. The van der Waals surface area contributed by atoms with Crippen molar-refractivity contribution in [3.8, 4) is 0 Å². The number of hydrogen-bond acceptors (Lipinski definition) is 2. The zero-order valence-corrected chi connectivity index (χ0v) is 15.3. The number of halogens is 4.